The number of aryl methyl sites for hydroxylation is 2. The lowest BCUT2D eigenvalue weighted by atomic mass is 10.1. The molecule has 0 bridgehead atoms. The van der Waals surface area contributed by atoms with Gasteiger partial charge in [-0.15, -0.1) is 10.2 Å². The summed E-state index contributed by atoms with van der Waals surface area (Å²) in [6.45, 7) is 4.71. The average molecular weight is 412 g/mol. The van der Waals surface area contributed by atoms with Crippen molar-refractivity contribution in [3.63, 3.8) is 0 Å². The van der Waals surface area contributed by atoms with Crippen LogP contribution in [0.5, 0.6) is 5.75 Å². The van der Waals surface area contributed by atoms with Crippen LogP contribution in [0.4, 0.5) is 11.4 Å². The highest BCUT2D eigenvalue weighted by Crippen LogP contribution is 2.24. The average Bonchev–Trinajstić information content (AvgIpc) is 3.06. The quantitative estimate of drug-likeness (QED) is 0.549. The third kappa shape index (κ3) is 5.08. The zero-order valence-corrected chi connectivity index (χ0v) is 17.8. The van der Waals surface area contributed by atoms with E-state index in [1.165, 1.54) is 22.9 Å². The molecule has 0 aliphatic carbocycles. The zero-order chi connectivity index (χ0) is 20.8. The van der Waals surface area contributed by atoms with Crippen LogP contribution in [0.25, 0.3) is 0 Å². The van der Waals surface area contributed by atoms with Gasteiger partial charge >= 0.3 is 0 Å². The Kier molecular flexibility index (Phi) is 6.77. The van der Waals surface area contributed by atoms with E-state index in [2.05, 4.69) is 46.8 Å². The summed E-state index contributed by atoms with van der Waals surface area (Å²) >= 11 is 1.35. The van der Waals surface area contributed by atoms with E-state index in [1.807, 2.05) is 29.8 Å². The van der Waals surface area contributed by atoms with Gasteiger partial charge in [-0.05, 0) is 37.1 Å². The smallest absolute Gasteiger partial charge is 0.234 e. The van der Waals surface area contributed by atoms with Crippen LogP contribution in [0, 0.1) is 13.8 Å². The molecule has 8 heteroatoms. The molecule has 1 amide bonds. The summed E-state index contributed by atoms with van der Waals surface area (Å²) in [5.74, 6) is 1.54. The Balaban J connectivity index is 1.57. The maximum atomic E-state index is 12.3. The van der Waals surface area contributed by atoms with Gasteiger partial charge in [-0.1, -0.05) is 42.1 Å². The van der Waals surface area contributed by atoms with Crippen molar-refractivity contribution >= 4 is 29.0 Å². The molecule has 0 radical (unpaired) electrons. The number of hydrogen-bond acceptors (Lipinski definition) is 6. The van der Waals surface area contributed by atoms with Gasteiger partial charge in [0.05, 0.1) is 25.1 Å². The van der Waals surface area contributed by atoms with Crippen LogP contribution in [0.15, 0.2) is 47.6 Å². The van der Waals surface area contributed by atoms with E-state index >= 15 is 0 Å². The molecule has 1 heterocycles. The first-order chi connectivity index (χ1) is 14.0. The Bertz CT molecular complexity index is 982. The minimum Gasteiger partial charge on any atom is -0.495 e. The predicted molar refractivity (Wildman–Crippen MR) is 117 cm³/mol. The Morgan fingerprint density at radius 1 is 1.10 bits per heavy atom. The number of benzene rings is 2. The molecule has 0 saturated heterocycles. The molecule has 0 fully saturated rings. The topological polar surface area (TPSA) is 81.1 Å². The fourth-order valence-electron chi connectivity index (χ4n) is 2.95. The lowest BCUT2D eigenvalue weighted by molar-refractivity contribution is -0.113. The van der Waals surface area contributed by atoms with Crippen molar-refractivity contribution < 1.29 is 9.53 Å². The van der Waals surface area contributed by atoms with Crippen LogP contribution in [-0.4, -0.2) is 33.5 Å². The Labute approximate surface area is 174 Å². The van der Waals surface area contributed by atoms with Crippen LogP contribution in [-0.2, 0) is 18.4 Å². The van der Waals surface area contributed by atoms with Gasteiger partial charge in [0.25, 0.3) is 0 Å². The monoisotopic (exact) mass is 411 g/mol. The summed E-state index contributed by atoms with van der Waals surface area (Å²) in [6, 6.07) is 13.5. The molecule has 0 aliphatic heterocycles. The van der Waals surface area contributed by atoms with E-state index in [1.54, 1.807) is 19.2 Å². The molecular weight excluding hydrogens is 386 g/mol. The van der Waals surface area contributed by atoms with Gasteiger partial charge in [-0.3, -0.25) is 4.79 Å². The molecule has 0 aliphatic rings. The summed E-state index contributed by atoms with van der Waals surface area (Å²) in [4.78, 5) is 12.3. The van der Waals surface area contributed by atoms with Gasteiger partial charge in [0.2, 0.25) is 5.91 Å². The number of thioether (sulfide) groups is 1. The van der Waals surface area contributed by atoms with Crippen molar-refractivity contribution in [1.29, 1.82) is 0 Å². The number of rotatable bonds is 8. The molecule has 152 valence electrons. The molecule has 0 saturated carbocycles. The number of aromatic nitrogens is 3. The summed E-state index contributed by atoms with van der Waals surface area (Å²) < 4.78 is 7.16. The van der Waals surface area contributed by atoms with Crippen LogP contribution >= 0.6 is 11.8 Å². The first-order valence-corrected chi connectivity index (χ1v) is 10.2. The van der Waals surface area contributed by atoms with Gasteiger partial charge < -0.3 is 19.9 Å². The van der Waals surface area contributed by atoms with E-state index < -0.39 is 0 Å². The van der Waals surface area contributed by atoms with Gasteiger partial charge in [0, 0.05) is 12.7 Å². The lowest BCUT2D eigenvalue weighted by Gasteiger charge is -2.12. The van der Waals surface area contributed by atoms with E-state index in [9.17, 15) is 4.79 Å². The number of carbonyl (C=O) groups excluding carboxylic acids is 1. The van der Waals surface area contributed by atoms with Crippen molar-refractivity contribution in [2.24, 2.45) is 7.05 Å². The van der Waals surface area contributed by atoms with Crippen molar-refractivity contribution in [3.05, 3.63) is 59.4 Å². The number of para-hydroxylation sites is 3. The first-order valence-electron chi connectivity index (χ1n) is 9.23. The van der Waals surface area contributed by atoms with Crippen LogP contribution in [0.2, 0.25) is 0 Å². The number of hydrogen-bond donors (Lipinski definition) is 2. The number of ether oxygens (including phenoxy) is 1. The highest BCUT2D eigenvalue weighted by molar-refractivity contribution is 7.99. The fraction of sp³-hybridized carbons (Fsp3) is 0.286. The second-order valence-electron chi connectivity index (χ2n) is 6.62. The Morgan fingerprint density at radius 2 is 1.83 bits per heavy atom. The van der Waals surface area contributed by atoms with Gasteiger partial charge in [-0.2, -0.15) is 0 Å². The maximum Gasteiger partial charge on any atom is 0.234 e. The van der Waals surface area contributed by atoms with Crippen molar-refractivity contribution in [2.75, 3.05) is 23.5 Å². The van der Waals surface area contributed by atoms with Crippen molar-refractivity contribution in [2.45, 2.75) is 25.5 Å². The highest BCUT2D eigenvalue weighted by atomic mass is 32.2. The summed E-state index contributed by atoms with van der Waals surface area (Å²) in [7, 11) is 3.48. The van der Waals surface area contributed by atoms with E-state index in [0.29, 0.717) is 23.1 Å². The third-order valence-electron chi connectivity index (χ3n) is 4.54. The molecule has 3 aromatic rings. The molecule has 0 atom stereocenters. The lowest BCUT2D eigenvalue weighted by Crippen LogP contribution is -2.15. The fourth-order valence-corrected chi connectivity index (χ4v) is 3.68. The minimum absolute atomic E-state index is 0.127. The summed E-state index contributed by atoms with van der Waals surface area (Å²) in [5, 5.41) is 15.5. The van der Waals surface area contributed by atoms with Crippen LogP contribution < -0.4 is 15.4 Å². The molecule has 29 heavy (non-hydrogen) atoms. The number of nitrogens with one attached hydrogen (secondary N) is 2. The van der Waals surface area contributed by atoms with Gasteiger partial charge in [-0.25, -0.2) is 0 Å². The second kappa shape index (κ2) is 9.47. The largest absolute Gasteiger partial charge is 0.495 e. The number of anilines is 2. The standard InChI is InChI=1S/C21H25N5O2S/c1-14-8-7-9-15(2)20(14)22-12-18-24-25-21(26(18)3)29-13-19(27)23-16-10-5-6-11-17(16)28-4/h5-11,22H,12-13H2,1-4H3,(H,23,27). The number of methoxy groups -OCH3 is 1. The molecule has 0 unspecified atom stereocenters. The number of carbonyl (C=O) groups is 1. The normalized spacial score (nSPS) is 10.6. The molecule has 1 aromatic heterocycles. The van der Waals surface area contributed by atoms with Crippen LogP contribution in [0.1, 0.15) is 17.0 Å². The molecular formula is C21H25N5O2S. The Morgan fingerprint density at radius 3 is 2.55 bits per heavy atom. The van der Waals surface area contributed by atoms with Crippen molar-refractivity contribution in [1.82, 2.24) is 14.8 Å². The second-order valence-corrected chi connectivity index (χ2v) is 7.56. The van der Waals surface area contributed by atoms with E-state index in [-0.39, 0.29) is 11.7 Å². The molecule has 2 N–H and O–H groups in total. The number of amides is 1. The summed E-state index contributed by atoms with van der Waals surface area (Å²) in [6.07, 6.45) is 0. The van der Waals surface area contributed by atoms with Gasteiger partial charge in [0.1, 0.15) is 5.75 Å². The van der Waals surface area contributed by atoms with E-state index in [0.717, 1.165) is 11.5 Å². The maximum absolute atomic E-state index is 12.3. The van der Waals surface area contributed by atoms with E-state index in [4.69, 9.17) is 4.74 Å². The summed E-state index contributed by atoms with van der Waals surface area (Å²) in [5.41, 5.74) is 4.14. The first kappa shape index (κ1) is 20.7. The predicted octanol–water partition coefficient (Wildman–Crippen LogP) is 3.78. The number of nitrogens with zero attached hydrogens (tertiary/aromatic N) is 3. The molecule has 3 rings (SSSR count). The van der Waals surface area contributed by atoms with Crippen molar-refractivity contribution in [3.8, 4) is 5.75 Å². The highest BCUT2D eigenvalue weighted by Gasteiger charge is 2.13. The van der Waals surface area contributed by atoms with Gasteiger partial charge in [0.15, 0.2) is 11.0 Å². The molecule has 0 spiro atoms. The Hall–Kier alpha value is -3.00. The minimum atomic E-state index is -0.127. The van der Waals surface area contributed by atoms with Crippen LogP contribution in [0.3, 0.4) is 0 Å². The molecule has 2 aromatic carbocycles. The third-order valence-corrected chi connectivity index (χ3v) is 5.56. The zero-order valence-electron chi connectivity index (χ0n) is 17.0. The molecule has 7 nitrogen and oxygen atoms in total. The SMILES string of the molecule is COc1ccccc1NC(=O)CSc1nnc(CNc2c(C)cccc2C)n1C.